The van der Waals surface area contributed by atoms with Gasteiger partial charge in [-0.25, -0.2) is 9.78 Å². The van der Waals surface area contributed by atoms with Crippen LogP contribution in [0.15, 0.2) is 30.7 Å². The van der Waals surface area contributed by atoms with Gasteiger partial charge in [0.2, 0.25) is 0 Å². The molecule has 1 atom stereocenters. The SMILES string of the molecule is COC(=O)c1ccc2c(c1)N(Cc1cncn1C(F)F)C(CCl)N2C. The summed E-state index contributed by atoms with van der Waals surface area (Å²) in [6, 6.07) is 5.15. The Bertz CT molecular complexity index is 783. The number of methoxy groups -OCH3 is 1. The first-order valence-corrected chi connectivity index (χ1v) is 8.08. The van der Waals surface area contributed by atoms with Gasteiger partial charge in [0.15, 0.2) is 0 Å². The third kappa shape index (κ3) is 3.02. The van der Waals surface area contributed by atoms with Crippen molar-refractivity contribution in [1.29, 1.82) is 0 Å². The van der Waals surface area contributed by atoms with Gasteiger partial charge in [0.25, 0.3) is 0 Å². The number of anilines is 2. The average Bonchev–Trinajstić information content (AvgIpc) is 3.17. The van der Waals surface area contributed by atoms with Crippen LogP contribution in [0.25, 0.3) is 0 Å². The summed E-state index contributed by atoms with van der Waals surface area (Å²) < 4.78 is 31.8. The van der Waals surface area contributed by atoms with E-state index in [0.29, 0.717) is 11.3 Å². The van der Waals surface area contributed by atoms with E-state index >= 15 is 0 Å². The normalized spacial score (nSPS) is 16.5. The molecule has 0 bridgehead atoms. The Morgan fingerprint density at radius 1 is 1.40 bits per heavy atom. The van der Waals surface area contributed by atoms with Crippen LogP contribution in [0.1, 0.15) is 22.6 Å². The fraction of sp³-hybridized carbons (Fsp3) is 0.375. The van der Waals surface area contributed by atoms with E-state index in [1.807, 2.05) is 16.8 Å². The smallest absolute Gasteiger partial charge is 0.337 e. The molecule has 0 N–H and O–H groups in total. The number of rotatable bonds is 5. The van der Waals surface area contributed by atoms with Crippen LogP contribution in [-0.2, 0) is 11.3 Å². The number of benzene rings is 1. The molecule has 1 aliphatic rings. The summed E-state index contributed by atoms with van der Waals surface area (Å²) in [5.74, 6) is -0.195. The second kappa shape index (κ2) is 6.87. The van der Waals surface area contributed by atoms with Gasteiger partial charge in [-0.05, 0) is 18.2 Å². The van der Waals surface area contributed by atoms with E-state index in [-0.39, 0.29) is 18.6 Å². The monoisotopic (exact) mass is 370 g/mol. The summed E-state index contributed by atoms with van der Waals surface area (Å²) in [7, 11) is 3.18. The van der Waals surface area contributed by atoms with E-state index in [0.717, 1.165) is 22.3 Å². The van der Waals surface area contributed by atoms with Crippen LogP contribution in [-0.4, -0.2) is 41.7 Å². The van der Waals surface area contributed by atoms with Crippen LogP contribution in [0.5, 0.6) is 0 Å². The molecule has 9 heteroatoms. The second-order valence-electron chi connectivity index (χ2n) is 5.64. The van der Waals surface area contributed by atoms with Crippen molar-refractivity contribution >= 4 is 28.9 Å². The maximum absolute atomic E-state index is 13.1. The van der Waals surface area contributed by atoms with Crippen molar-refractivity contribution < 1.29 is 18.3 Å². The zero-order valence-electron chi connectivity index (χ0n) is 13.7. The van der Waals surface area contributed by atoms with E-state index in [9.17, 15) is 13.6 Å². The van der Waals surface area contributed by atoms with E-state index in [2.05, 4.69) is 4.98 Å². The lowest BCUT2D eigenvalue weighted by Crippen LogP contribution is -2.42. The molecule has 25 heavy (non-hydrogen) atoms. The van der Waals surface area contributed by atoms with Crippen molar-refractivity contribution in [3.63, 3.8) is 0 Å². The zero-order chi connectivity index (χ0) is 18.1. The van der Waals surface area contributed by atoms with Crippen molar-refractivity contribution in [1.82, 2.24) is 9.55 Å². The highest BCUT2D eigenvalue weighted by atomic mass is 35.5. The number of ether oxygens (including phenoxy) is 1. The van der Waals surface area contributed by atoms with Crippen molar-refractivity contribution in [2.75, 3.05) is 29.8 Å². The number of carbonyl (C=O) groups excluding carboxylic acids is 1. The van der Waals surface area contributed by atoms with Gasteiger partial charge < -0.3 is 14.5 Å². The standard InChI is InChI=1S/C16H17ClF2N4O2/c1-21-12-4-3-10(15(24)25-2)5-13(12)22(14(21)6-17)8-11-7-20-9-23(11)16(18)19/h3-5,7,9,14,16H,6,8H2,1-2H3. The molecule has 0 saturated heterocycles. The molecule has 0 fully saturated rings. The number of nitrogens with zero attached hydrogens (tertiary/aromatic N) is 4. The number of halogens is 3. The van der Waals surface area contributed by atoms with Crippen molar-refractivity contribution in [3.8, 4) is 0 Å². The molecular formula is C16H17ClF2N4O2. The Hall–Kier alpha value is -2.35. The molecule has 1 unspecified atom stereocenters. The predicted octanol–water partition coefficient (Wildman–Crippen LogP) is 3.09. The quantitative estimate of drug-likeness (QED) is 0.598. The Morgan fingerprint density at radius 3 is 2.80 bits per heavy atom. The fourth-order valence-corrected chi connectivity index (χ4v) is 3.38. The molecule has 0 spiro atoms. The first-order valence-electron chi connectivity index (χ1n) is 7.54. The van der Waals surface area contributed by atoms with Crippen LogP contribution >= 0.6 is 11.6 Å². The molecule has 1 aromatic carbocycles. The predicted molar refractivity (Wildman–Crippen MR) is 90.4 cm³/mol. The van der Waals surface area contributed by atoms with Gasteiger partial charge in [0.1, 0.15) is 6.17 Å². The number of alkyl halides is 3. The number of esters is 1. The number of hydrogen-bond donors (Lipinski definition) is 0. The van der Waals surface area contributed by atoms with Crippen LogP contribution in [0, 0.1) is 0 Å². The summed E-state index contributed by atoms with van der Waals surface area (Å²) in [5, 5.41) is 0. The lowest BCUT2D eigenvalue weighted by atomic mass is 10.1. The third-order valence-electron chi connectivity index (χ3n) is 4.32. The minimum Gasteiger partial charge on any atom is -0.465 e. The highest BCUT2D eigenvalue weighted by Crippen LogP contribution is 2.40. The van der Waals surface area contributed by atoms with Gasteiger partial charge in [-0.1, -0.05) is 0 Å². The topological polar surface area (TPSA) is 50.6 Å². The number of imidazole rings is 1. The highest BCUT2D eigenvalue weighted by molar-refractivity contribution is 6.18. The Morgan fingerprint density at radius 2 is 2.16 bits per heavy atom. The van der Waals surface area contributed by atoms with Crippen molar-refractivity contribution in [2.24, 2.45) is 0 Å². The van der Waals surface area contributed by atoms with Gasteiger partial charge in [0.05, 0.1) is 54.7 Å². The minimum atomic E-state index is -2.67. The molecular weight excluding hydrogens is 354 g/mol. The maximum Gasteiger partial charge on any atom is 0.337 e. The molecule has 2 aromatic rings. The molecule has 2 heterocycles. The molecule has 0 saturated carbocycles. The molecule has 0 amide bonds. The summed E-state index contributed by atoms with van der Waals surface area (Å²) in [6.07, 6.45) is 2.27. The Balaban J connectivity index is 2.01. The van der Waals surface area contributed by atoms with Crippen LogP contribution in [0.2, 0.25) is 0 Å². The highest BCUT2D eigenvalue weighted by Gasteiger charge is 2.34. The van der Waals surface area contributed by atoms with E-state index in [1.54, 1.807) is 18.2 Å². The number of aromatic nitrogens is 2. The molecule has 6 nitrogen and oxygen atoms in total. The van der Waals surface area contributed by atoms with Crippen LogP contribution < -0.4 is 9.80 Å². The van der Waals surface area contributed by atoms with E-state index < -0.39 is 12.5 Å². The van der Waals surface area contributed by atoms with Crippen molar-refractivity contribution in [3.05, 3.63) is 42.0 Å². The number of carbonyl (C=O) groups is 1. The first kappa shape index (κ1) is 17.5. The second-order valence-corrected chi connectivity index (χ2v) is 5.95. The summed E-state index contributed by atoms with van der Waals surface area (Å²) in [6.45, 7) is -2.49. The number of hydrogen-bond acceptors (Lipinski definition) is 5. The fourth-order valence-electron chi connectivity index (χ4n) is 3.01. The van der Waals surface area contributed by atoms with Crippen LogP contribution in [0.4, 0.5) is 20.2 Å². The van der Waals surface area contributed by atoms with Gasteiger partial charge in [0, 0.05) is 7.05 Å². The average molecular weight is 371 g/mol. The van der Waals surface area contributed by atoms with Crippen LogP contribution in [0.3, 0.4) is 0 Å². The van der Waals surface area contributed by atoms with Gasteiger partial charge in [-0.15, -0.1) is 11.6 Å². The third-order valence-corrected chi connectivity index (χ3v) is 4.60. The Labute approximate surface area is 148 Å². The maximum atomic E-state index is 13.1. The van der Waals surface area contributed by atoms with Crippen molar-refractivity contribution in [2.45, 2.75) is 19.3 Å². The first-order chi connectivity index (χ1) is 12.0. The number of fused-ring (bicyclic) bond motifs is 1. The molecule has 0 aliphatic carbocycles. The largest absolute Gasteiger partial charge is 0.465 e. The minimum absolute atomic E-state index is 0.184. The molecule has 0 radical (unpaired) electrons. The summed E-state index contributed by atoms with van der Waals surface area (Å²) in [5.41, 5.74) is 2.34. The zero-order valence-corrected chi connectivity index (χ0v) is 14.5. The van der Waals surface area contributed by atoms with Gasteiger partial charge >= 0.3 is 12.5 Å². The Kier molecular flexibility index (Phi) is 4.80. The molecule has 3 rings (SSSR count). The molecule has 134 valence electrons. The van der Waals surface area contributed by atoms with E-state index in [4.69, 9.17) is 16.3 Å². The van der Waals surface area contributed by atoms with Gasteiger partial charge in [-0.3, -0.25) is 4.57 Å². The van der Waals surface area contributed by atoms with E-state index in [1.165, 1.54) is 13.3 Å². The molecule has 1 aliphatic heterocycles. The lowest BCUT2D eigenvalue weighted by molar-refractivity contribution is 0.0600. The lowest BCUT2D eigenvalue weighted by Gasteiger charge is -2.29. The molecule has 1 aromatic heterocycles. The van der Waals surface area contributed by atoms with Gasteiger partial charge in [-0.2, -0.15) is 8.78 Å². The summed E-state index contributed by atoms with van der Waals surface area (Å²) in [4.78, 5) is 19.5. The summed E-state index contributed by atoms with van der Waals surface area (Å²) >= 11 is 6.11.